The minimum absolute atomic E-state index is 0.0892. The summed E-state index contributed by atoms with van der Waals surface area (Å²) in [7, 11) is 1.85. The van der Waals surface area contributed by atoms with Crippen LogP contribution in [0, 0.1) is 0 Å². The third-order valence-electron chi connectivity index (χ3n) is 3.41. The number of nitrogens with one attached hydrogen (secondary N) is 2. The molecule has 0 spiro atoms. The predicted molar refractivity (Wildman–Crippen MR) is 84.3 cm³/mol. The topological polar surface area (TPSA) is 59.0 Å². The molecule has 112 valence electrons. The molecule has 1 unspecified atom stereocenters. The molecule has 1 aromatic heterocycles. The van der Waals surface area contributed by atoms with Crippen molar-refractivity contribution in [1.82, 2.24) is 15.1 Å². The second-order valence-corrected chi connectivity index (χ2v) is 5.54. The SMILES string of the molecule is CC(C)c1ccc(NC(=O)NC(C)c2cnn(C)c2)cc1. The fourth-order valence-corrected chi connectivity index (χ4v) is 2.06. The van der Waals surface area contributed by atoms with Crippen LogP contribution in [0.5, 0.6) is 0 Å². The Kier molecular flexibility index (Phi) is 4.62. The van der Waals surface area contributed by atoms with Crippen molar-refractivity contribution in [2.24, 2.45) is 7.05 Å². The highest BCUT2D eigenvalue weighted by atomic mass is 16.2. The van der Waals surface area contributed by atoms with Crippen molar-refractivity contribution in [3.05, 3.63) is 47.8 Å². The van der Waals surface area contributed by atoms with Gasteiger partial charge in [0.25, 0.3) is 0 Å². The quantitative estimate of drug-likeness (QED) is 0.904. The molecule has 1 heterocycles. The first kappa shape index (κ1) is 15.1. The van der Waals surface area contributed by atoms with Gasteiger partial charge in [-0.05, 0) is 30.5 Å². The maximum Gasteiger partial charge on any atom is 0.319 e. The minimum Gasteiger partial charge on any atom is -0.331 e. The van der Waals surface area contributed by atoms with Gasteiger partial charge in [0.15, 0.2) is 0 Å². The van der Waals surface area contributed by atoms with Crippen LogP contribution in [0.15, 0.2) is 36.7 Å². The van der Waals surface area contributed by atoms with E-state index in [0.29, 0.717) is 5.92 Å². The third kappa shape index (κ3) is 4.08. The van der Waals surface area contributed by atoms with Crippen LogP contribution in [-0.2, 0) is 7.05 Å². The molecular formula is C16H22N4O. The predicted octanol–water partition coefficient (Wildman–Crippen LogP) is 3.43. The van der Waals surface area contributed by atoms with Crippen molar-refractivity contribution in [2.75, 3.05) is 5.32 Å². The molecule has 21 heavy (non-hydrogen) atoms. The summed E-state index contributed by atoms with van der Waals surface area (Å²) in [5.41, 5.74) is 3.02. The van der Waals surface area contributed by atoms with E-state index >= 15 is 0 Å². The molecule has 5 nitrogen and oxygen atoms in total. The highest BCUT2D eigenvalue weighted by Crippen LogP contribution is 2.17. The number of carbonyl (C=O) groups excluding carboxylic acids is 1. The molecule has 2 aromatic rings. The van der Waals surface area contributed by atoms with Gasteiger partial charge in [-0.15, -0.1) is 0 Å². The Hall–Kier alpha value is -2.30. The lowest BCUT2D eigenvalue weighted by molar-refractivity contribution is 0.249. The van der Waals surface area contributed by atoms with Crippen LogP contribution >= 0.6 is 0 Å². The molecule has 2 N–H and O–H groups in total. The lowest BCUT2D eigenvalue weighted by atomic mass is 10.0. The highest BCUT2D eigenvalue weighted by molar-refractivity contribution is 5.89. The number of anilines is 1. The summed E-state index contributed by atoms with van der Waals surface area (Å²) in [6.45, 7) is 6.22. The molecule has 0 saturated heterocycles. The van der Waals surface area contributed by atoms with Gasteiger partial charge in [0.1, 0.15) is 0 Å². The summed E-state index contributed by atoms with van der Waals surface area (Å²) in [5.74, 6) is 0.485. The van der Waals surface area contributed by atoms with Crippen LogP contribution in [0.3, 0.4) is 0 Å². The normalized spacial score (nSPS) is 12.2. The molecule has 0 aliphatic heterocycles. The Morgan fingerprint density at radius 3 is 2.33 bits per heavy atom. The maximum atomic E-state index is 12.0. The van der Waals surface area contributed by atoms with Crippen LogP contribution in [0.2, 0.25) is 0 Å². The second kappa shape index (κ2) is 6.43. The van der Waals surface area contributed by atoms with E-state index in [1.165, 1.54) is 5.56 Å². The second-order valence-electron chi connectivity index (χ2n) is 5.54. The molecule has 2 amide bonds. The Morgan fingerprint density at radius 1 is 1.14 bits per heavy atom. The number of hydrogen-bond donors (Lipinski definition) is 2. The number of hydrogen-bond acceptors (Lipinski definition) is 2. The fraction of sp³-hybridized carbons (Fsp3) is 0.375. The van der Waals surface area contributed by atoms with Crippen LogP contribution in [0.25, 0.3) is 0 Å². The van der Waals surface area contributed by atoms with Gasteiger partial charge in [0, 0.05) is 24.5 Å². The van der Waals surface area contributed by atoms with Crippen molar-refractivity contribution >= 4 is 11.7 Å². The fourth-order valence-electron chi connectivity index (χ4n) is 2.06. The smallest absolute Gasteiger partial charge is 0.319 e. The number of rotatable bonds is 4. The molecule has 0 fully saturated rings. The number of nitrogens with zero attached hydrogens (tertiary/aromatic N) is 2. The van der Waals surface area contributed by atoms with Gasteiger partial charge in [-0.2, -0.15) is 5.10 Å². The Morgan fingerprint density at radius 2 is 1.81 bits per heavy atom. The number of amides is 2. The van der Waals surface area contributed by atoms with Gasteiger partial charge in [-0.3, -0.25) is 4.68 Å². The van der Waals surface area contributed by atoms with E-state index in [-0.39, 0.29) is 12.1 Å². The first-order valence-corrected chi connectivity index (χ1v) is 7.11. The molecule has 1 atom stereocenters. The first-order valence-electron chi connectivity index (χ1n) is 7.11. The lowest BCUT2D eigenvalue weighted by Gasteiger charge is -2.13. The van der Waals surface area contributed by atoms with E-state index in [1.807, 2.05) is 44.4 Å². The molecule has 5 heteroatoms. The van der Waals surface area contributed by atoms with Gasteiger partial charge in [0.2, 0.25) is 0 Å². The summed E-state index contributed by atoms with van der Waals surface area (Å²) < 4.78 is 1.72. The maximum absolute atomic E-state index is 12.0. The minimum atomic E-state index is -0.219. The average molecular weight is 286 g/mol. The molecule has 1 aromatic carbocycles. The molecule has 0 bridgehead atoms. The molecular weight excluding hydrogens is 264 g/mol. The third-order valence-corrected chi connectivity index (χ3v) is 3.41. The monoisotopic (exact) mass is 286 g/mol. The Labute approximate surface area is 125 Å². The highest BCUT2D eigenvalue weighted by Gasteiger charge is 2.11. The van der Waals surface area contributed by atoms with Gasteiger partial charge < -0.3 is 10.6 Å². The van der Waals surface area contributed by atoms with Crippen LogP contribution in [-0.4, -0.2) is 15.8 Å². The van der Waals surface area contributed by atoms with E-state index < -0.39 is 0 Å². The van der Waals surface area contributed by atoms with Crippen LogP contribution < -0.4 is 10.6 Å². The van der Waals surface area contributed by atoms with Crippen molar-refractivity contribution in [3.8, 4) is 0 Å². The molecule has 2 rings (SSSR count). The van der Waals surface area contributed by atoms with E-state index in [0.717, 1.165) is 11.3 Å². The van der Waals surface area contributed by atoms with Gasteiger partial charge in [-0.1, -0.05) is 26.0 Å². The number of aromatic nitrogens is 2. The zero-order valence-corrected chi connectivity index (χ0v) is 12.9. The molecule has 0 saturated carbocycles. The lowest BCUT2D eigenvalue weighted by Crippen LogP contribution is -2.31. The molecule has 0 aliphatic carbocycles. The van der Waals surface area contributed by atoms with Gasteiger partial charge in [0.05, 0.1) is 12.2 Å². The Bertz CT molecular complexity index is 601. The van der Waals surface area contributed by atoms with E-state index in [2.05, 4.69) is 29.6 Å². The summed E-state index contributed by atoms with van der Waals surface area (Å²) >= 11 is 0. The summed E-state index contributed by atoms with van der Waals surface area (Å²) in [6, 6.07) is 7.60. The standard InChI is InChI=1S/C16H22N4O/c1-11(2)13-5-7-15(8-6-13)19-16(21)18-12(3)14-9-17-20(4)10-14/h5-12H,1-4H3,(H2,18,19,21). The van der Waals surface area contributed by atoms with Crippen molar-refractivity contribution in [2.45, 2.75) is 32.7 Å². The number of carbonyl (C=O) groups is 1. The summed E-state index contributed by atoms with van der Waals surface area (Å²) in [4.78, 5) is 12.0. The number of aryl methyl sites for hydroxylation is 1. The largest absolute Gasteiger partial charge is 0.331 e. The van der Waals surface area contributed by atoms with Gasteiger partial charge >= 0.3 is 6.03 Å². The van der Waals surface area contributed by atoms with Crippen molar-refractivity contribution in [1.29, 1.82) is 0 Å². The zero-order chi connectivity index (χ0) is 15.4. The van der Waals surface area contributed by atoms with Crippen LogP contribution in [0.1, 0.15) is 43.9 Å². The average Bonchev–Trinajstić information content (AvgIpc) is 2.86. The Balaban J connectivity index is 1.92. The number of benzene rings is 1. The van der Waals surface area contributed by atoms with E-state index in [4.69, 9.17) is 0 Å². The molecule has 0 radical (unpaired) electrons. The first-order chi connectivity index (χ1) is 9.95. The zero-order valence-electron chi connectivity index (χ0n) is 12.9. The summed E-state index contributed by atoms with van der Waals surface area (Å²) in [6.07, 6.45) is 3.64. The number of urea groups is 1. The van der Waals surface area contributed by atoms with Crippen LogP contribution in [0.4, 0.5) is 10.5 Å². The van der Waals surface area contributed by atoms with E-state index in [1.54, 1.807) is 10.9 Å². The van der Waals surface area contributed by atoms with Crippen molar-refractivity contribution in [3.63, 3.8) is 0 Å². The summed E-state index contributed by atoms with van der Waals surface area (Å²) in [5, 5.41) is 9.83. The van der Waals surface area contributed by atoms with Gasteiger partial charge in [-0.25, -0.2) is 4.79 Å². The van der Waals surface area contributed by atoms with Crippen molar-refractivity contribution < 1.29 is 4.79 Å². The van der Waals surface area contributed by atoms with E-state index in [9.17, 15) is 4.79 Å². The molecule has 0 aliphatic rings.